The molecule has 0 amide bonds. The topological polar surface area (TPSA) is 41.6 Å². The highest BCUT2D eigenvalue weighted by Gasteiger charge is 2.12. The van der Waals surface area contributed by atoms with E-state index in [0.717, 1.165) is 29.8 Å². The van der Waals surface area contributed by atoms with E-state index in [1.165, 1.54) is 4.88 Å². The Hall–Kier alpha value is -1.83. The molecule has 0 saturated heterocycles. The number of halogens is 1. The van der Waals surface area contributed by atoms with Gasteiger partial charge >= 0.3 is 0 Å². The maximum atomic E-state index is 9.16. The number of thiophene rings is 1. The number of aryl methyl sites for hydroxylation is 2. The molecule has 0 fully saturated rings. The van der Waals surface area contributed by atoms with Crippen LogP contribution in [-0.2, 0) is 18.8 Å². The molecule has 0 spiro atoms. The molecular formula is C15H12ClN3S. The van der Waals surface area contributed by atoms with Gasteiger partial charge < -0.3 is 4.57 Å². The van der Waals surface area contributed by atoms with Crippen molar-refractivity contribution in [3.63, 3.8) is 0 Å². The van der Waals surface area contributed by atoms with Crippen molar-refractivity contribution in [1.82, 2.24) is 9.55 Å². The maximum absolute atomic E-state index is 9.16. The molecule has 0 N–H and O–H groups in total. The highest BCUT2D eigenvalue weighted by molar-refractivity contribution is 7.09. The van der Waals surface area contributed by atoms with Crippen LogP contribution in [0, 0.1) is 11.3 Å². The second kappa shape index (κ2) is 5.66. The van der Waals surface area contributed by atoms with Gasteiger partial charge in [-0.3, -0.25) is 0 Å². The van der Waals surface area contributed by atoms with Gasteiger partial charge in [-0.2, -0.15) is 5.26 Å². The van der Waals surface area contributed by atoms with Crippen molar-refractivity contribution in [3.8, 4) is 6.07 Å². The normalized spacial score (nSPS) is 10.8. The summed E-state index contributed by atoms with van der Waals surface area (Å²) >= 11 is 7.75. The first-order valence-corrected chi connectivity index (χ1v) is 7.71. The first-order chi connectivity index (χ1) is 9.83. The van der Waals surface area contributed by atoms with Crippen LogP contribution in [0.1, 0.15) is 16.3 Å². The van der Waals surface area contributed by atoms with Gasteiger partial charge in [0.15, 0.2) is 0 Å². The molecule has 0 radical (unpaired) electrons. The van der Waals surface area contributed by atoms with Crippen molar-refractivity contribution in [3.05, 3.63) is 52.0 Å². The molecule has 2 aromatic heterocycles. The Morgan fingerprint density at radius 2 is 2.20 bits per heavy atom. The minimum atomic E-state index is 0.351. The molecule has 1 aromatic carbocycles. The molecule has 0 saturated carbocycles. The van der Waals surface area contributed by atoms with E-state index in [1.807, 2.05) is 12.1 Å². The summed E-state index contributed by atoms with van der Waals surface area (Å²) in [6.45, 7) is 0.827. The highest BCUT2D eigenvalue weighted by atomic mass is 35.5. The summed E-state index contributed by atoms with van der Waals surface area (Å²) in [7, 11) is 0. The number of hydrogen-bond donors (Lipinski definition) is 0. The summed E-state index contributed by atoms with van der Waals surface area (Å²) in [5.74, 6) is 1.17. The molecule has 2 heterocycles. The molecule has 0 aliphatic rings. The van der Waals surface area contributed by atoms with Crippen LogP contribution in [0.5, 0.6) is 0 Å². The number of aromatic nitrogens is 2. The second-order valence-corrected chi connectivity index (χ2v) is 5.73. The quantitative estimate of drug-likeness (QED) is 0.685. The molecule has 0 aliphatic carbocycles. The maximum Gasteiger partial charge on any atom is 0.124 e. The number of nitriles is 1. The van der Waals surface area contributed by atoms with E-state index in [2.05, 4.69) is 33.1 Å². The van der Waals surface area contributed by atoms with Gasteiger partial charge in [0.1, 0.15) is 17.4 Å². The van der Waals surface area contributed by atoms with Gasteiger partial charge in [-0.25, -0.2) is 4.98 Å². The van der Waals surface area contributed by atoms with E-state index in [1.54, 1.807) is 17.4 Å². The van der Waals surface area contributed by atoms with E-state index in [9.17, 15) is 0 Å². The fourth-order valence-electron chi connectivity index (χ4n) is 2.31. The van der Waals surface area contributed by atoms with Crippen LogP contribution in [0.3, 0.4) is 0 Å². The van der Waals surface area contributed by atoms with Crippen molar-refractivity contribution in [2.24, 2.45) is 0 Å². The predicted octanol–water partition coefficient (Wildman–Crippen LogP) is 3.95. The van der Waals surface area contributed by atoms with Gasteiger partial charge in [0.05, 0.1) is 17.0 Å². The Morgan fingerprint density at radius 3 is 2.90 bits per heavy atom. The van der Waals surface area contributed by atoms with Gasteiger partial charge in [0, 0.05) is 11.4 Å². The van der Waals surface area contributed by atoms with Crippen LogP contribution in [0.4, 0.5) is 0 Å². The van der Waals surface area contributed by atoms with E-state index in [4.69, 9.17) is 16.9 Å². The molecule has 0 atom stereocenters. The van der Waals surface area contributed by atoms with Crippen molar-refractivity contribution in [2.45, 2.75) is 18.8 Å². The second-order valence-electron chi connectivity index (χ2n) is 4.43. The third kappa shape index (κ3) is 2.31. The smallest absolute Gasteiger partial charge is 0.124 e. The van der Waals surface area contributed by atoms with Gasteiger partial charge in [-0.1, -0.05) is 12.1 Å². The Labute approximate surface area is 126 Å². The van der Waals surface area contributed by atoms with Crippen LogP contribution >= 0.6 is 22.9 Å². The summed E-state index contributed by atoms with van der Waals surface area (Å²) in [5.41, 5.74) is 2.33. The van der Waals surface area contributed by atoms with Crippen molar-refractivity contribution >= 4 is 34.0 Å². The minimum absolute atomic E-state index is 0.351. The molecule has 0 bridgehead atoms. The van der Waals surface area contributed by atoms with Crippen molar-refractivity contribution < 1.29 is 0 Å². The molecule has 3 rings (SSSR count). The molecular weight excluding hydrogens is 290 g/mol. The van der Waals surface area contributed by atoms with Crippen molar-refractivity contribution in [2.75, 3.05) is 0 Å². The Kier molecular flexibility index (Phi) is 3.72. The molecule has 3 aromatic rings. The number of fused-ring (bicyclic) bond motifs is 1. The summed E-state index contributed by atoms with van der Waals surface area (Å²) in [5, 5.41) is 11.2. The Morgan fingerprint density at radius 1 is 1.30 bits per heavy atom. The number of para-hydroxylation sites is 1. The monoisotopic (exact) mass is 301 g/mol. The molecule has 0 unspecified atom stereocenters. The van der Waals surface area contributed by atoms with Gasteiger partial charge in [-0.05, 0) is 30.0 Å². The van der Waals surface area contributed by atoms with E-state index < -0.39 is 0 Å². The van der Waals surface area contributed by atoms with Crippen LogP contribution in [0.2, 0.25) is 0 Å². The summed E-state index contributed by atoms with van der Waals surface area (Å²) in [4.78, 5) is 5.85. The first-order valence-electron chi connectivity index (χ1n) is 6.30. The number of imidazole rings is 1. The molecule has 100 valence electrons. The Bertz CT molecular complexity index is 768. The average Bonchev–Trinajstić information content (AvgIpc) is 3.11. The molecule has 3 nitrogen and oxygen atoms in total. The minimum Gasteiger partial charge on any atom is -0.327 e. The number of alkyl halides is 1. The third-order valence-corrected chi connectivity index (χ3v) is 4.44. The van der Waals surface area contributed by atoms with Gasteiger partial charge in [-0.15, -0.1) is 22.9 Å². The lowest BCUT2D eigenvalue weighted by atomic mass is 10.2. The number of benzene rings is 1. The molecule has 20 heavy (non-hydrogen) atoms. The van der Waals surface area contributed by atoms with Crippen molar-refractivity contribution in [1.29, 1.82) is 5.26 Å². The van der Waals surface area contributed by atoms with E-state index in [0.29, 0.717) is 11.4 Å². The average molecular weight is 302 g/mol. The molecule has 5 heteroatoms. The number of nitrogens with zero attached hydrogens (tertiary/aromatic N) is 3. The van der Waals surface area contributed by atoms with Crippen LogP contribution < -0.4 is 0 Å². The van der Waals surface area contributed by atoms with Crippen LogP contribution in [0.15, 0.2) is 35.7 Å². The highest BCUT2D eigenvalue weighted by Crippen LogP contribution is 2.22. The lowest BCUT2D eigenvalue weighted by Gasteiger charge is -2.06. The first kappa shape index (κ1) is 13.2. The van der Waals surface area contributed by atoms with E-state index >= 15 is 0 Å². The Balaban J connectivity index is 2.02. The van der Waals surface area contributed by atoms with E-state index in [-0.39, 0.29) is 0 Å². The zero-order valence-corrected chi connectivity index (χ0v) is 12.3. The SMILES string of the molecule is N#Cc1cccc2c1nc(CCl)n2CCc1cccs1. The van der Waals surface area contributed by atoms with Gasteiger partial charge in [0.2, 0.25) is 0 Å². The summed E-state index contributed by atoms with van der Waals surface area (Å²) in [6.07, 6.45) is 0.948. The lowest BCUT2D eigenvalue weighted by Crippen LogP contribution is -2.04. The standard InChI is InChI=1S/C15H12ClN3S/c16-9-14-18-15-11(10-17)3-1-5-13(15)19(14)7-6-12-4-2-8-20-12/h1-5,8H,6-7,9H2. The van der Waals surface area contributed by atoms with Crippen LogP contribution in [0.25, 0.3) is 11.0 Å². The fourth-order valence-corrected chi connectivity index (χ4v) is 3.22. The van der Waals surface area contributed by atoms with Gasteiger partial charge in [0.25, 0.3) is 0 Å². The molecule has 0 aliphatic heterocycles. The largest absolute Gasteiger partial charge is 0.327 e. The zero-order chi connectivity index (χ0) is 13.9. The van der Waals surface area contributed by atoms with Crippen LogP contribution in [-0.4, -0.2) is 9.55 Å². The predicted molar refractivity (Wildman–Crippen MR) is 82.0 cm³/mol. The number of hydrogen-bond acceptors (Lipinski definition) is 3. The lowest BCUT2D eigenvalue weighted by molar-refractivity contribution is 0.693. The number of rotatable bonds is 4. The fraction of sp³-hybridized carbons (Fsp3) is 0.200. The summed E-state index contributed by atoms with van der Waals surface area (Å²) in [6, 6.07) is 12.0. The summed E-state index contributed by atoms with van der Waals surface area (Å²) < 4.78 is 2.11. The third-order valence-electron chi connectivity index (χ3n) is 3.26. The zero-order valence-electron chi connectivity index (χ0n) is 10.7.